The minimum atomic E-state index is -0.0218. The van der Waals surface area contributed by atoms with Crippen LogP contribution < -0.4 is 21.3 Å². The lowest BCUT2D eigenvalue weighted by Crippen LogP contribution is -2.11. The fraction of sp³-hybridized carbons (Fsp3) is 0.263. The summed E-state index contributed by atoms with van der Waals surface area (Å²) in [5.41, 5.74) is 8.19. The van der Waals surface area contributed by atoms with Gasteiger partial charge in [-0.15, -0.1) is 0 Å². The number of pyridine rings is 2. The first-order chi connectivity index (χ1) is 26.5. The van der Waals surface area contributed by atoms with E-state index < -0.39 is 0 Å². The van der Waals surface area contributed by atoms with Crippen LogP contribution in [0.2, 0.25) is 0 Å². The number of hydrogen-bond donors (Lipinski definition) is 8. The van der Waals surface area contributed by atoms with Crippen molar-refractivity contribution in [3.8, 4) is 0 Å². The quantitative estimate of drug-likeness (QED) is 0.0608. The first kappa shape index (κ1) is 33.0. The molecule has 10 rings (SSSR count). The average molecular weight is 721 g/mol. The highest BCUT2D eigenvalue weighted by Crippen LogP contribution is 2.40. The normalized spacial score (nSPS) is 15.0. The molecule has 16 heteroatoms. The lowest BCUT2D eigenvalue weighted by molar-refractivity contribution is 0.828. The van der Waals surface area contributed by atoms with Gasteiger partial charge in [0.2, 0.25) is 11.9 Å². The van der Waals surface area contributed by atoms with Crippen molar-refractivity contribution >= 4 is 57.2 Å². The number of aromatic nitrogens is 12. The molecule has 16 nitrogen and oxygen atoms in total. The second-order valence-electron chi connectivity index (χ2n) is 13.8. The minimum Gasteiger partial charge on any atom is -0.360 e. The number of H-pyrrole nitrogens is 4. The zero-order valence-electron chi connectivity index (χ0n) is 29.8. The summed E-state index contributed by atoms with van der Waals surface area (Å²) < 4.78 is 0. The van der Waals surface area contributed by atoms with Gasteiger partial charge in [0.1, 0.15) is 11.6 Å². The van der Waals surface area contributed by atoms with Crippen LogP contribution in [0.25, 0.3) is 22.1 Å². The van der Waals surface area contributed by atoms with Gasteiger partial charge < -0.3 is 31.2 Å². The molecule has 2 atom stereocenters. The molecule has 2 fully saturated rings. The van der Waals surface area contributed by atoms with Crippen LogP contribution in [0.4, 0.5) is 35.2 Å². The fourth-order valence-corrected chi connectivity index (χ4v) is 6.18. The second-order valence-corrected chi connectivity index (χ2v) is 13.8. The topological polar surface area (TPSA) is 214 Å². The molecule has 8 heterocycles. The molecule has 2 aliphatic rings. The molecule has 2 aliphatic carbocycles. The molecular formula is C38H40N16. The van der Waals surface area contributed by atoms with E-state index in [-0.39, 0.29) is 12.1 Å². The van der Waals surface area contributed by atoms with Crippen LogP contribution in [0.15, 0.2) is 85.5 Å². The maximum atomic E-state index is 4.67. The van der Waals surface area contributed by atoms with Crippen LogP contribution in [0.1, 0.15) is 86.2 Å². The molecule has 0 aromatic carbocycles. The summed E-state index contributed by atoms with van der Waals surface area (Å²) in [6.45, 7) is 4.08. The Bertz CT molecular complexity index is 2330. The van der Waals surface area contributed by atoms with E-state index in [4.69, 9.17) is 0 Å². The van der Waals surface area contributed by atoms with E-state index in [9.17, 15) is 0 Å². The lowest BCUT2D eigenvalue weighted by Gasteiger charge is -2.14. The van der Waals surface area contributed by atoms with Gasteiger partial charge in [-0.25, -0.2) is 19.9 Å². The smallest absolute Gasteiger partial charge is 0.225 e. The highest BCUT2D eigenvalue weighted by atomic mass is 15.2. The van der Waals surface area contributed by atoms with Crippen molar-refractivity contribution in [1.29, 1.82) is 0 Å². The lowest BCUT2D eigenvalue weighted by atomic mass is 10.2. The molecule has 8 aromatic rings. The van der Waals surface area contributed by atoms with Crippen molar-refractivity contribution in [2.24, 2.45) is 0 Å². The number of aromatic amines is 4. The third kappa shape index (κ3) is 7.67. The van der Waals surface area contributed by atoms with Crippen LogP contribution >= 0.6 is 0 Å². The summed E-state index contributed by atoms with van der Waals surface area (Å²) in [6, 6.07) is 19.7. The van der Waals surface area contributed by atoms with E-state index in [0.29, 0.717) is 35.4 Å². The van der Waals surface area contributed by atoms with Crippen molar-refractivity contribution in [3.63, 3.8) is 0 Å². The number of fused-ring (bicyclic) bond motifs is 2. The van der Waals surface area contributed by atoms with Gasteiger partial charge in [-0.05, 0) is 88.1 Å². The Morgan fingerprint density at radius 1 is 0.556 bits per heavy atom. The molecule has 2 saturated carbocycles. The standard InChI is InChI=1S/2C19H20N8/c2*1-11(13-4-5-14-15(23-13)6-8-20-14)22-19-21-9-7-17(25-19)24-18-10-16(26-27-18)12-2-3-12/h2*4-12,20H,2-3H2,1H3,(H3,21,22,24,25,26,27)/t2*11-/m10/s1. The van der Waals surface area contributed by atoms with E-state index in [2.05, 4.69) is 81.5 Å². The summed E-state index contributed by atoms with van der Waals surface area (Å²) in [5, 5.41) is 27.9. The monoisotopic (exact) mass is 720 g/mol. The highest BCUT2D eigenvalue weighted by molar-refractivity contribution is 5.75. The number of nitrogens with one attached hydrogen (secondary N) is 8. The summed E-state index contributed by atoms with van der Waals surface area (Å²) >= 11 is 0. The first-order valence-corrected chi connectivity index (χ1v) is 18.2. The SMILES string of the molecule is C[C@@H](Nc1nccc(Nc2cc(C3CC3)[nH]n2)n1)c1ccc2[nH]ccc2n1.C[C@H](Nc1nccc(Nc2cc(C3CC3)[nH]n2)n1)c1ccc2[nH]ccc2n1. The van der Waals surface area contributed by atoms with E-state index in [1.54, 1.807) is 12.4 Å². The van der Waals surface area contributed by atoms with Crippen molar-refractivity contribution in [2.45, 2.75) is 63.5 Å². The van der Waals surface area contributed by atoms with Crippen molar-refractivity contribution < 1.29 is 0 Å². The largest absolute Gasteiger partial charge is 0.360 e. The maximum absolute atomic E-state index is 4.67. The average Bonchev–Trinajstić information content (AvgIpc) is 3.97. The van der Waals surface area contributed by atoms with Crippen LogP contribution in [0, 0.1) is 0 Å². The van der Waals surface area contributed by atoms with E-state index in [1.165, 1.54) is 37.1 Å². The third-order valence-electron chi connectivity index (χ3n) is 9.48. The van der Waals surface area contributed by atoms with Gasteiger partial charge in [-0.3, -0.25) is 10.2 Å². The molecule has 0 radical (unpaired) electrons. The highest BCUT2D eigenvalue weighted by Gasteiger charge is 2.26. The Kier molecular flexibility index (Phi) is 8.74. The Morgan fingerprint density at radius 2 is 1.02 bits per heavy atom. The Hall–Kier alpha value is -6.84. The molecule has 0 unspecified atom stereocenters. The maximum Gasteiger partial charge on any atom is 0.225 e. The molecular weight excluding hydrogens is 681 g/mol. The van der Waals surface area contributed by atoms with Crippen molar-refractivity contribution in [2.75, 3.05) is 21.3 Å². The number of hydrogen-bond acceptors (Lipinski definition) is 12. The number of anilines is 6. The van der Waals surface area contributed by atoms with Crippen molar-refractivity contribution in [3.05, 3.63) is 108 Å². The van der Waals surface area contributed by atoms with E-state index in [1.807, 2.05) is 86.9 Å². The molecule has 0 bridgehead atoms. The predicted molar refractivity (Wildman–Crippen MR) is 208 cm³/mol. The molecule has 0 spiro atoms. The third-order valence-corrected chi connectivity index (χ3v) is 9.48. The summed E-state index contributed by atoms with van der Waals surface area (Å²) in [7, 11) is 0. The number of nitrogens with zero attached hydrogens (tertiary/aromatic N) is 8. The molecule has 0 saturated heterocycles. The van der Waals surface area contributed by atoms with Crippen LogP contribution in [-0.2, 0) is 0 Å². The number of rotatable bonds is 12. The molecule has 8 aromatic heterocycles. The molecule has 0 aliphatic heterocycles. The zero-order chi connectivity index (χ0) is 36.4. The van der Waals surface area contributed by atoms with Gasteiger partial charge in [0, 0.05) is 60.1 Å². The molecule has 0 amide bonds. The predicted octanol–water partition coefficient (Wildman–Crippen LogP) is 7.74. The molecule has 272 valence electrons. The minimum absolute atomic E-state index is 0.0218. The fourth-order valence-electron chi connectivity index (χ4n) is 6.18. The zero-order valence-corrected chi connectivity index (χ0v) is 29.8. The van der Waals surface area contributed by atoms with Crippen LogP contribution in [-0.4, -0.2) is 60.3 Å². The first-order valence-electron chi connectivity index (χ1n) is 18.2. The van der Waals surface area contributed by atoms with E-state index in [0.717, 1.165) is 45.1 Å². The van der Waals surface area contributed by atoms with Crippen LogP contribution in [0.5, 0.6) is 0 Å². The Morgan fingerprint density at radius 3 is 1.46 bits per heavy atom. The summed E-state index contributed by atoms with van der Waals surface area (Å²) in [4.78, 5) is 33.3. The van der Waals surface area contributed by atoms with Crippen LogP contribution in [0.3, 0.4) is 0 Å². The van der Waals surface area contributed by atoms with Gasteiger partial charge in [-0.1, -0.05) is 0 Å². The second kappa shape index (κ2) is 14.3. The Balaban J connectivity index is 0.000000142. The van der Waals surface area contributed by atoms with Gasteiger partial charge in [0.15, 0.2) is 11.6 Å². The van der Waals surface area contributed by atoms with Gasteiger partial charge >= 0.3 is 0 Å². The molecule has 8 N–H and O–H groups in total. The Labute approximate surface area is 309 Å². The molecule has 54 heavy (non-hydrogen) atoms. The van der Waals surface area contributed by atoms with E-state index >= 15 is 0 Å². The van der Waals surface area contributed by atoms with Gasteiger partial charge in [0.25, 0.3) is 0 Å². The van der Waals surface area contributed by atoms with Crippen molar-refractivity contribution in [1.82, 2.24) is 60.3 Å². The summed E-state index contributed by atoms with van der Waals surface area (Å²) in [6.07, 6.45) is 12.2. The van der Waals surface area contributed by atoms with Gasteiger partial charge in [-0.2, -0.15) is 20.2 Å². The van der Waals surface area contributed by atoms with Gasteiger partial charge in [0.05, 0.1) is 45.5 Å². The summed E-state index contributed by atoms with van der Waals surface area (Å²) in [5.74, 6) is 5.30.